The Morgan fingerprint density at radius 3 is 2.50 bits per heavy atom. The summed E-state index contributed by atoms with van der Waals surface area (Å²) in [7, 11) is 0. The number of rotatable bonds is 3. The Bertz CT molecular complexity index is 933. The van der Waals surface area contributed by atoms with Gasteiger partial charge in [0.25, 0.3) is 5.91 Å². The van der Waals surface area contributed by atoms with Gasteiger partial charge in [0.2, 0.25) is 0 Å². The predicted molar refractivity (Wildman–Crippen MR) is 99.5 cm³/mol. The molecule has 1 heterocycles. The van der Waals surface area contributed by atoms with Crippen molar-refractivity contribution in [3.05, 3.63) is 58.1 Å². The molecule has 6 heteroatoms. The van der Waals surface area contributed by atoms with Crippen LogP contribution in [0.25, 0.3) is 0 Å². The van der Waals surface area contributed by atoms with Crippen LogP contribution in [0.15, 0.2) is 36.4 Å². The third kappa shape index (κ3) is 3.63. The van der Waals surface area contributed by atoms with Crippen molar-refractivity contribution in [3.63, 3.8) is 0 Å². The molecule has 0 aliphatic carbocycles. The third-order valence-corrected chi connectivity index (χ3v) is 4.47. The van der Waals surface area contributed by atoms with E-state index in [1.807, 2.05) is 13.8 Å². The van der Waals surface area contributed by atoms with E-state index in [1.54, 1.807) is 24.3 Å². The van der Waals surface area contributed by atoms with E-state index in [0.29, 0.717) is 33.1 Å². The van der Waals surface area contributed by atoms with Crippen molar-refractivity contribution in [2.45, 2.75) is 32.8 Å². The lowest BCUT2D eigenvalue weighted by molar-refractivity contribution is 0.0620. The lowest BCUT2D eigenvalue weighted by Gasteiger charge is -2.31. The Hall–Kier alpha value is -2.66. The zero-order valence-electron chi connectivity index (χ0n) is 14.7. The average molecular weight is 372 g/mol. The summed E-state index contributed by atoms with van der Waals surface area (Å²) >= 11 is 6.10. The number of ether oxygens (including phenoxy) is 1. The van der Waals surface area contributed by atoms with Crippen LogP contribution in [-0.4, -0.2) is 23.1 Å². The summed E-state index contributed by atoms with van der Waals surface area (Å²) in [5.41, 5.74) is 0.922. The predicted octanol–water partition coefficient (Wildman–Crippen LogP) is 4.54. The van der Waals surface area contributed by atoms with Crippen LogP contribution >= 0.6 is 11.6 Å². The summed E-state index contributed by atoms with van der Waals surface area (Å²) in [6.07, 6.45) is 0.248. The van der Waals surface area contributed by atoms with Gasteiger partial charge in [-0.1, -0.05) is 11.6 Å². The summed E-state index contributed by atoms with van der Waals surface area (Å²) in [6, 6.07) is 9.40. The number of Topliss-reactive ketones (excluding diaryl/α,β-unsaturated/α-hetero) is 2. The number of carbonyl (C=O) groups is 3. The van der Waals surface area contributed by atoms with Crippen molar-refractivity contribution in [1.82, 2.24) is 0 Å². The highest BCUT2D eigenvalue weighted by atomic mass is 35.5. The molecule has 0 atom stereocenters. The number of halogens is 1. The van der Waals surface area contributed by atoms with Crippen molar-refractivity contribution in [2.75, 3.05) is 5.32 Å². The van der Waals surface area contributed by atoms with Gasteiger partial charge in [-0.15, -0.1) is 0 Å². The molecule has 0 unspecified atom stereocenters. The molecule has 0 spiro atoms. The Balaban J connectivity index is 1.88. The van der Waals surface area contributed by atoms with Gasteiger partial charge in [0.05, 0.1) is 22.7 Å². The van der Waals surface area contributed by atoms with Crippen molar-refractivity contribution in [2.24, 2.45) is 0 Å². The Labute approximate surface area is 156 Å². The zero-order chi connectivity index (χ0) is 19.1. The van der Waals surface area contributed by atoms with Gasteiger partial charge in [-0.3, -0.25) is 14.4 Å². The van der Waals surface area contributed by atoms with E-state index in [2.05, 4.69) is 5.32 Å². The molecule has 1 amide bonds. The first-order valence-corrected chi connectivity index (χ1v) is 8.52. The van der Waals surface area contributed by atoms with Crippen molar-refractivity contribution in [1.29, 1.82) is 0 Å². The lowest BCUT2D eigenvalue weighted by Crippen LogP contribution is -2.36. The molecule has 0 saturated carbocycles. The second-order valence-electron chi connectivity index (χ2n) is 6.88. The summed E-state index contributed by atoms with van der Waals surface area (Å²) < 4.78 is 5.79. The molecule has 1 aliphatic rings. The Morgan fingerprint density at radius 1 is 1.12 bits per heavy atom. The maximum absolute atomic E-state index is 12.6. The third-order valence-electron chi connectivity index (χ3n) is 4.14. The van der Waals surface area contributed by atoms with Crippen LogP contribution in [0.3, 0.4) is 0 Å². The van der Waals surface area contributed by atoms with Crippen LogP contribution in [0.5, 0.6) is 5.75 Å². The molecule has 0 radical (unpaired) electrons. The van der Waals surface area contributed by atoms with Crippen LogP contribution < -0.4 is 10.1 Å². The number of hydrogen-bond donors (Lipinski definition) is 1. The SMILES string of the molecule is CC(=O)c1ccc(Cl)c(NC(=O)c2ccc3c(c2)C(=O)CC(C)(C)O3)c1. The lowest BCUT2D eigenvalue weighted by atomic mass is 9.92. The smallest absolute Gasteiger partial charge is 0.255 e. The fourth-order valence-electron chi connectivity index (χ4n) is 2.83. The quantitative estimate of drug-likeness (QED) is 0.804. The van der Waals surface area contributed by atoms with Gasteiger partial charge in [0, 0.05) is 11.1 Å². The van der Waals surface area contributed by atoms with Gasteiger partial charge in [-0.05, 0) is 57.2 Å². The summed E-state index contributed by atoms with van der Waals surface area (Å²) in [6.45, 7) is 5.13. The molecule has 134 valence electrons. The first-order chi connectivity index (χ1) is 12.2. The molecular weight excluding hydrogens is 354 g/mol. The van der Waals surface area contributed by atoms with Crippen molar-refractivity contribution < 1.29 is 19.1 Å². The summed E-state index contributed by atoms with van der Waals surface area (Å²) in [5.74, 6) is -0.147. The summed E-state index contributed by atoms with van der Waals surface area (Å²) in [5, 5.41) is 3.01. The monoisotopic (exact) mass is 371 g/mol. The van der Waals surface area contributed by atoms with Gasteiger partial charge in [0.15, 0.2) is 11.6 Å². The topological polar surface area (TPSA) is 72.5 Å². The number of amides is 1. The number of hydrogen-bond acceptors (Lipinski definition) is 4. The highest BCUT2D eigenvalue weighted by Gasteiger charge is 2.32. The normalized spacial score (nSPS) is 15.0. The summed E-state index contributed by atoms with van der Waals surface area (Å²) in [4.78, 5) is 36.4. The van der Waals surface area contributed by atoms with Gasteiger partial charge in [-0.25, -0.2) is 0 Å². The number of nitrogens with one attached hydrogen (secondary N) is 1. The molecule has 0 saturated heterocycles. The van der Waals surface area contributed by atoms with E-state index in [1.165, 1.54) is 19.1 Å². The maximum atomic E-state index is 12.6. The molecule has 1 aliphatic heterocycles. The molecule has 2 aromatic carbocycles. The largest absolute Gasteiger partial charge is 0.487 e. The Kier molecular flexibility index (Phi) is 4.59. The fourth-order valence-corrected chi connectivity index (χ4v) is 2.99. The first kappa shape index (κ1) is 18.1. The number of ketones is 2. The molecule has 0 fully saturated rings. The highest BCUT2D eigenvalue weighted by Crippen LogP contribution is 2.33. The minimum absolute atomic E-state index is 0.0671. The van der Waals surface area contributed by atoms with Crippen LogP contribution in [0, 0.1) is 0 Å². The molecule has 2 aromatic rings. The van der Waals surface area contributed by atoms with E-state index in [0.717, 1.165) is 0 Å². The minimum atomic E-state index is -0.561. The molecule has 0 aromatic heterocycles. The van der Waals surface area contributed by atoms with Gasteiger partial charge < -0.3 is 10.1 Å². The molecule has 26 heavy (non-hydrogen) atoms. The Morgan fingerprint density at radius 2 is 1.81 bits per heavy atom. The van der Waals surface area contributed by atoms with E-state index in [9.17, 15) is 14.4 Å². The maximum Gasteiger partial charge on any atom is 0.255 e. The van der Waals surface area contributed by atoms with Gasteiger partial charge in [0.1, 0.15) is 11.4 Å². The van der Waals surface area contributed by atoms with Crippen LogP contribution in [-0.2, 0) is 0 Å². The molecule has 0 bridgehead atoms. The van der Waals surface area contributed by atoms with Gasteiger partial charge >= 0.3 is 0 Å². The zero-order valence-corrected chi connectivity index (χ0v) is 15.4. The molecule has 3 rings (SSSR count). The number of fused-ring (bicyclic) bond motifs is 1. The van der Waals surface area contributed by atoms with E-state index >= 15 is 0 Å². The van der Waals surface area contributed by atoms with E-state index < -0.39 is 11.5 Å². The molecule has 5 nitrogen and oxygen atoms in total. The van der Waals surface area contributed by atoms with E-state index in [4.69, 9.17) is 16.3 Å². The van der Waals surface area contributed by atoms with Crippen LogP contribution in [0.4, 0.5) is 5.69 Å². The standard InChI is InChI=1S/C20H18ClNO4/c1-11(23)12-4-6-15(21)16(9-12)22-19(25)13-5-7-18-14(8-13)17(24)10-20(2,3)26-18/h4-9H,10H2,1-3H3,(H,22,25). The van der Waals surface area contributed by atoms with Crippen molar-refractivity contribution >= 4 is 34.8 Å². The minimum Gasteiger partial charge on any atom is -0.487 e. The molecule has 1 N–H and O–H groups in total. The number of carbonyl (C=O) groups excluding carboxylic acids is 3. The first-order valence-electron chi connectivity index (χ1n) is 8.14. The van der Waals surface area contributed by atoms with Crippen LogP contribution in [0.1, 0.15) is 58.3 Å². The number of anilines is 1. The second-order valence-corrected chi connectivity index (χ2v) is 7.28. The highest BCUT2D eigenvalue weighted by molar-refractivity contribution is 6.34. The van der Waals surface area contributed by atoms with Gasteiger partial charge in [-0.2, -0.15) is 0 Å². The number of benzene rings is 2. The average Bonchev–Trinajstić information content (AvgIpc) is 2.55. The molecular formula is C20H18ClNO4. The van der Waals surface area contributed by atoms with Crippen LogP contribution in [0.2, 0.25) is 5.02 Å². The van der Waals surface area contributed by atoms with E-state index in [-0.39, 0.29) is 18.0 Å². The fraction of sp³-hybridized carbons (Fsp3) is 0.250. The van der Waals surface area contributed by atoms with Crippen molar-refractivity contribution in [3.8, 4) is 5.75 Å². The second kappa shape index (κ2) is 6.57.